The van der Waals surface area contributed by atoms with Gasteiger partial charge in [-0.15, -0.1) is 0 Å². The van der Waals surface area contributed by atoms with E-state index in [-0.39, 0.29) is 86.8 Å². The van der Waals surface area contributed by atoms with Gasteiger partial charge in [-0.3, -0.25) is 42.9 Å². The van der Waals surface area contributed by atoms with Crippen LogP contribution in [0.25, 0.3) is 0 Å². The number of nitrogens with zero attached hydrogens (tertiary/aromatic N) is 5. The van der Waals surface area contributed by atoms with Crippen molar-refractivity contribution >= 4 is 52.7 Å². The summed E-state index contributed by atoms with van der Waals surface area (Å²) >= 11 is 0. The number of nitrogens with two attached hydrogens (primary N) is 1. The molecule has 0 spiro atoms. The normalized spacial score (nSPS) is 19.4. The fraction of sp³-hybridized carbons (Fsp3) is 0.569. The van der Waals surface area contributed by atoms with Gasteiger partial charge in [0.05, 0.1) is 36.4 Å². The molecule has 4 fully saturated rings. The van der Waals surface area contributed by atoms with Crippen LogP contribution in [0, 0.1) is 60.0 Å². The molecule has 0 radical (unpaired) electrons. The fourth-order valence-corrected chi connectivity index (χ4v) is 12.0. The van der Waals surface area contributed by atoms with Crippen LogP contribution in [-0.4, -0.2) is 117 Å². The predicted octanol–water partition coefficient (Wildman–Crippen LogP) is 8.24. The van der Waals surface area contributed by atoms with Crippen LogP contribution in [0.15, 0.2) is 48.8 Å². The molecule has 2 aromatic carbocycles. The van der Waals surface area contributed by atoms with E-state index < -0.39 is 114 Å². The molecule has 2 heterocycles. The molecule has 4 aliphatic rings. The molecule has 19 nitrogen and oxygen atoms in total. The molecule has 9 atom stereocenters. The van der Waals surface area contributed by atoms with E-state index in [0.717, 1.165) is 63.8 Å². The quantitative estimate of drug-likeness (QED) is 0.0328. The van der Waals surface area contributed by atoms with Gasteiger partial charge in [-0.2, -0.15) is 36.5 Å². The first-order chi connectivity index (χ1) is 39.9. The maximum atomic E-state index is 16.1. The minimum absolute atomic E-state index is 0.0375. The molecule has 8 rings (SSSR count). The van der Waals surface area contributed by atoms with Gasteiger partial charge in [-0.1, -0.05) is 0 Å². The highest BCUT2D eigenvalue weighted by molar-refractivity contribution is 6.02. The maximum Gasteiger partial charge on any atom is 0.417 e. The smallest absolute Gasteiger partial charge is 0.417 e. The topological polar surface area (TPSA) is 254 Å². The van der Waals surface area contributed by atoms with Gasteiger partial charge >= 0.3 is 12.4 Å². The molecule has 7 N–H and O–H groups in total. The Balaban J connectivity index is 0.991. The van der Waals surface area contributed by atoms with Crippen molar-refractivity contribution in [2.75, 3.05) is 31.3 Å². The Morgan fingerprint density at radius 2 is 1.19 bits per heavy atom. The summed E-state index contributed by atoms with van der Waals surface area (Å²) < 4.78 is 120. The van der Waals surface area contributed by atoms with Crippen molar-refractivity contribution in [1.29, 1.82) is 0 Å². The number of likely N-dealkylation sites (N-methyl/N-ethyl adjacent to an activating group) is 1. The van der Waals surface area contributed by atoms with Crippen molar-refractivity contribution in [2.24, 2.45) is 47.2 Å². The molecule has 4 aromatic rings. The van der Waals surface area contributed by atoms with Crippen LogP contribution in [0.2, 0.25) is 0 Å². The molecular formula is C58H71F8N11O8. The number of methoxy groups -OCH3 is 1. The maximum absolute atomic E-state index is 16.1. The van der Waals surface area contributed by atoms with Gasteiger partial charge in [0.2, 0.25) is 35.6 Å². The second-order valence-corrected chi connectivity index (χ2v) is 23.6. The molecule has 4 aliphatic carbocycles. The van der Waals surface area contributed by atoms with Crippen molar-refractivity contribution < 1.29 is 73.4 Å². The highest BCUT2D eigenvalue weighted by Gasteiger charge is 2.54. The van der Waals surface area contributed by atoms with Crippen molar-refractivity contribution in [3.05, 3.63) is 88.5 Å². The lowest BCUT2D eigenvalue weighted by Gasteiger charge is -2.29. The summed E-state index contributed by atoms with van der Waals surface area (Å²) in [6.07, 6.45) is -1.24. The number of nitrogens with one attached hydrogen (secondary N) is 5. The summed E-state index contributed by atoms with van der Waals surface area (Å²) in [7, 11) is 2.21. The molecule has 0 bridgehead atoms. The Morgan fingerprint density at radius 3 is 1.68 bits per heavy atom. The highest BCUT2D eigenvalue weighted by Crippen LogP contribution is 2.57. The van der Waals surface area contributed by atoms with E-state index in [1.54, 1.807) is 5.32 Å². The van der Waals surface area contributed by atoms with Crippen LogP contribution >= 0.6 is 0 Å². The number of benzene rings is 2. The number of halogens is 8. The lowest BCUT2D eigenvalue weighted by molar-refractivity contribution is -0.170. The van der Waals surface area contributed by atoms with E-state index in [1.807, 2.05) is 20.8 Å². The van der Waals surface area contributed by atoms with E-state index in [0.29, 0.717) is 17.7 Å². The van der Waals surface area contributed by atoms with Crippen LogP contribution in [0.4, 0.5) is 46.5 Å². The van der Waals surface area contributed by atoms with Gasteiger partial charge in [-0.05, 0) is 176 Å². The van der Waals surface area contributed by atoms with Gasteiger partial charge in [0, 0.05) is 37.1 Å². The lowest BCUT2D eigenvalue weighted by Crippen LogP contribution is -2.54. The number of hydrogen-bond acceptors (Lipinski definition) is 10. The van der Waals surface area contributed by atoms with Gasteiger partial charge in [0.25, 0.3) is 11.8 Å². The molecule has 0 saturated heterocycles. The number of carbonyl (C=O) groups excluding carboxylic acids is 7. The molecular weight excluding hydrogens is 1130 g/mol. The first kappa shape index (κ1) is 63.4. The fourth-order valence-electron chi connectivity index (χ4n) is 12.0. The van der Waals surface area contributed by atoms with E-state index in [4.69, 9.17) is 10.5 Å². The average molecular weight is 1200 g/mol. The number of anilines is 2. The lowest BCUT2D eigenvalue weighted by atomic mass is 9.86. The number of carbonyl (C=O) groups is 7. The van der Waals surface area contributed by atoms with Crippen molar-refractivity contribution in [1.82, 2.24) is 40.4 Å². The van der Waals surface area contributed by atoms with Gasteiger partial charge in [0.1, 0.15) is 47.4 Å². The molecule has 7 amide bonds. The van der Waals surface area contributed by atoms with Crippen LogP contribution in [0.1, 0.15) is 148 Å². The summed E-state index contributed by atoms with van der Waals surface area (Å²) in [4.78, 5) is 95.8. The van der Waals surface area contributed by atoms with Gasteiger partial charge < -0.3 is 42.0 Å². The molecule has 0 aliphatic heterocycles. The zero-order valence-electron chi connectivity index (χ0n) is 48.2. The average Bonchev–Trinajstić information content (AvgIpc) is 2.11. The Kier molecular flexibility index (Phi) is 18.8. The summed E-state index contributed by atoms with van der Waals surface area (Å²) in [6, 6.07) is 1.13. The standard InChI is InChI=1S/C58H71F8N11O8/c1-26(2)76-42(15-17-68-76)52(80)73-48(55(83)70-40-19-27(3)35(22-38(40)59)29(5)51(79)74-49(50(67)78)58(64,65)66)46(33-13-14-33)37-21-34(37)20-28(4)77-43(16-18-69-77)53(81)72-47(45(31-9-10-31)32-11-12-32)54(82)71-41-24-44(85-8)36(23-39(41)60)30(6)56(84)75(7)25-57(61,62)63/h15-19,22-24,26,28-34,37,45-49H,9-14,20-21,25H2,1-8H3,(H2,67,78)(H,70,83)(H,71,82)(H,72,81)(H,73,80)(H,74,79)/t28?,29?,30?,34?,37?,46?,47-,48-,49?/m0/s1. The van der Waals surface area contributed by atoms with Crippen LogP contribution < -0.4 is 37.1 Å². The zero-order chi connectivity index (χ0) is 62.3. The summed E-state index contributed by atoms with van der Waals surface area (Å²) in [6.45, 7) is 7.95. The van der Waals surface area contributed by atoms with E-state index in [2.05, 4.69) is 31.5 Å². The van der Waals surface area contributed by atoms with E-state index in [1.165, 1.54) is 67.8 Å². The zero-order valence-corrected chi connectivity index (χ0v) is 48.2. The number of aromatic nitrogens is 4. The Bertz CT molecular complexity index is 3180. The van der Waals surface area contributed by atoms with Crippen LogP contribution in [0.5, 0.6) is 5.75 Å². The van der Waals surface area contributed by atoms with E-state index >= 15 is 8.78 Å². The second-order valence-electron chi connectivity index (χ2n) is 23.6. The van der Waals surface area contributed by atoms with Crippen molar-refractivity contribution in [3.8, 4) is 5.75 Å². The number of ether oxygens (including phenoxy) is 1. The largest absolute Gasteiger partial charge is 0.496 e. The third-order valence-corrected chi connectivity index (χ3v) is 16.8. The minimum atomic E-state index is -5.19. The van der Waals surface area contributed by atoms with Crippen LogP contribution in [-0.2, 0) is 24.0 Å². The van der Waals surface area contributed by atoms with Gasteiger partial charge in [0.15, 0.2) is 0 Å². The van der Waals surface area contributed by atoms with Crippen molar-refractivity contribution in [3.63, 3.8) is 0 Å². The molecule has 85 heavy (non-hydrogen) atoms. The van der Waals surface area contributed by atoms with Crippen LogP contribution in [0.3, 0.4) is 0 Å². The van der Waals surface area contributed by atoms with Crippen molar-refractivity contribution in [2.45, 2.75) is 147 Å². The Morgan fingerprint density at radius 1 is 0.694 bits per heavy atom. The number of alkyl halides is 6. The number of amides is 7. The summed E-state index contributed by atoms with van der Waals surface area (Å²) in [5.74, 6) is -12.4. The first-order valence-electron chi connectivity index (χ1n) is 28.3. The number of aryl methyl sites for hydroxylation is 1. The monoisotopic (exact) mass is 1200 g/mol. The van der Waals surface area contributed by atoms with Gasteiger partial charge in [-0.25, -0.2) is 8.78 Å². The Labute approximate surface area is 485 Å². The number of primary amides is 1. The third-order valence-electron chi connectivity index (χ3n) is 16.8. The SMILES string of the molecule is COc1cc(NC(=O)[C@@H](NC(=O)c2ccnn2C(C)CC2CC2C(C2CC2)[C@H](NC(=O)c2ccnn2C(C)C)C(=O)Nc2cc(C)c(C(C)C(=O)NC(C(N)=O)C(F)(F)F)cc2F)C(C2CC2)C2CC2)c(F)cc1C(C)C(=O)N(C)CC(F)(F)F. The molecule has 27 heteroatoms. The summed E-state index contributed by atoms with van der Waals surface area (Å²) in [5.41, 5.74) is 4.63. The summed E-state index contributed by atoms with van der Waals surface area (Å²) in [5, 5.41) is 21.5. The minimum Gasteiger partial charge on any atom is -0.496 e. The second kappa shape index (κ2) is 25.2. The number of rotatable bonds is 26. The first-order valence-corrected chi connectivity index (χ1v) is 28.3. The van der Waals surface area contributed by atoms with E-state index in [9.17, 15) is 59.9 Å². The molecule has 7 unspecified atom stereocenters. The number of hydrogen-bond donors (Lipinski definition) is 6. The third kappa shape index (κ3) is 14.9. The molecule has 4 saturated carbocycles. The molecule has 2 aromatic heterocycles. The predicted molar refractivity (Wildman–Crippen MR) is 292 cm³/mol. The highest BCUT2D eigenvalue weighted by atomic mass is 19.4. The molecule has 462 valence electrons. The Hall–Kier alpha value is -7.61.